The topological polar surface area (TPSA) is 95.1 Å². The minimum Gasteiger partial charge on any atom is -0.493 e. The number of benzene rings is 3. The minimum absolute atomic E-state index is 0.0578. The van der Waals surface area contributed by atoms with Gasteiger partial charge in [-0.05, 0) is 66.9 Å². The zero-order valence-electron chi connectivity index (χ0n) is 19.0. The van der Waals surface area contributed by atoms with Gasteiger partial charge < -0.3 is 14.8 Å². The van der Waals surface area contributed by atoms with E-state index in [1.165, 1.54) is 13.2 Å². The Hall–Kier alpha value is -4.07. The Balaban J connectivity index is 1.84. The van der Waals surface area contributed by atoms with Crippen molar-refractivity contribution in [1.82, 2.24) is 0 Å². The van der Waals surface area contributed by atoms with Crippen molar-refractivity contribution in [2.75, 3.05) is 12.4 Å². The molecule has 0 saturated heterocycles. The lowest BCUT2D eigenvalue weighted by molar-refractivity contribution is -0.112. The van der Waals surface area contributed by atoms with E-state index in [1.54, 1.807) is 30.3 Å². The molecule has 0 aliphatic heterocycles. The summed E-state index contributed by atoms with van der Waals surface area (Å²) in [6, 6.07) is 20.2. The quantitative estimate of drug-likeness (QED) is 0.304. The van der Waals surface area contributed by atoms with Crippen LogP contribution < -0.4 is 14.8 Å². The molecule has 3 aromatic carbocycles. The van der Waals surface area contributed by atoms with Crippen LogP contribution in [0.25, 0.3) is 6.08 Å². The van der Waals surface area contributed by atoms with Gasteiger partial charge in [-0.1, -0.05) is 40.2 Å². The second-order valence-electron chi connectivity index (χ2n) is 7.51. The first-order chi connectivity index (χ1) is 16.4. The predicted molar refractivity (Wildman–Crippen MR) is 134 cm³/mol. The molecule has 1 N–H and O–H groups in total. The molecule has 170 valence electrons. The summed E-state index contributed by atoms with van der Waals surface area (Å²) in [6.45, 7) is 4.13. The van der Waals surface area contributed by atoms with Crippen molar-refractivity contribution in [3.05, 3.63) is 92.5 Å². The molecular formula is C27H22BrN3O3. The normalized spacial score (nSPS) is 10.7. The van der Waals surface area contributed by atoms with Crippen LogP contribution in [-0.4, -0.2) is 13.0 Å². The highest BCUT2D eigenvalue weighted by Crippen LogP contribution is 2.35. The third kappa shape index (κ3) is 5.83. The van der Waals surface area contributed by atoms with Crippen LogP contribution in [0.2, 0.25) is 0 Å². The first-order valence-electron chi connectivity index (χ1n) is 10.3. The Morgan fingerprint density at radius 2 is 1.82 bits per heavy atom. The minimum atomic E-state index is -0.509. The van der Waals surface area contributed by atoms with Gasteiger partial charge in [0.2, 0.25) is 0 Å². The van der Waals surface area contributed by atoms with E-state index < -0.39 is 5.91 Å². The molecule has 0 aliphatic rings. The van der Waals surface area contributed by atoms with Crippen molar-refractivity contribution < 1.29 is 14.3 Å². The van der Waals surface area contributed by atoms with Crippen molar-refractivity contribution >= 4 is 33.6 Å². The number of rotatable bonds is 7. The van der Waals surface area contributed by atoms with E-state index in [9.17, 15) is 15.3 Å². The van der Waals surface area contributed by atoms with Crippen LogP contribution in [-0.2, 0) is 11.4 Å². The fourth-order valence-electron chi connectivity index (χ4n) is 3.17. The van der Waals surface area contributed by atoms with Gasteiger partial charge in [0.25, 0.3) is 5.91 Å². The fourth-order valence-corrected chi connectivity index (χ4v) is 3.60. The van der Waals surface area contributed by atoms with Crippen LogP contribution >= 0.6 is 15.9 Å². The number of carbonyl (C=O) groups is 1. The average Bonchev–Trinajstić information content (AvgIpc) is 2.84. The van der Waals surface area contributed by atoms with Gasteiger partial charge >= 0.3 is 0 Å². The van der Waals surface area contributed by atoms with Crippen LogP contribution in [0.5, 0.6) is 11.5 Å². The number of methoxy groups -OCH3 is 1. The Labute approximate surface area is 207 Å². The van der Waals surface area contributed by atoms with Gasteiger partial charge in [-0.15, -0.1) is 0 Å². The molecule has 1 amide bonds. The predicted octanol–water partition coefficient (Wildman–Crippen LogP) is 6.07. The summed E-state index contributed by atoms with van der Waals surface area (Å²) >= 11 is 3.48. The van der Waals surface area contributed by atoms with Crippen LogP contribution in [0.4, 0.5) is 5.69 Å². The molecule has 0 atom stereocenters. The second kappa shape index (κ2) is 11.2. The molecule has 0 heterocycles. The summed E-state index contributed by atoms with van der Waals surface area (Å²) in [7, 11) is 1.50. The number of aryl methyl sites for hydroxylation is 2. The standard InChI is InChI=1S/C27H22BrN3O3/c1-17-8-9-23(10-18(17)2)31-27(32)22(15-30)11-21-12-25(33-3)26(13-24(21)28)34-16-20-7-5-4-6-19(20)14-29/h4-13H,16H2,1-3H3,(H,31,32)/b22-11+. The van der Waals surface area contributed by atoms with E-state index in [4.69, 9.17) is 9.47 Å². The van der Waals surface area contributed by atoms with E-state index in [2.05, 4.69) is 27.3 Å². The van der Waals surface area contributed by atoms with Gasteiger partial charge in [0.15, 0.2) is 11.5 Å². The first kappa shape index (κ1) is 24.6. The molecule has 7 heteroatoms. The van der Waals surface area contributed by atoms with Crippen molar-refractivity contribution in [3.63, 3.8) is 0 Å². The van der Waals surface area contributed by atoms with E-state index in [1.807, 2.05) is 44.2 Å². The Morgan fingerprint density at radius 3 is 2.50 bits per heavy atom. The van der Waals surface area contributed by atoms with Crippen LogP contribution in [0.3, 0.4) is 0 Å². The second-order valence-corrected chi connectivity index (χ2v) is 8.36. The summed E-state index contributed by atoms with van der Waals surface area (Å²) in [5.41, 5.74) is 4.58. The molecule has 0 radical (unpaired) electrons. The molecular weight excluding hydrogens is 494 g/mol. The maximum absolute atomic E-state index is 12.7. The smallest absolute Gasteiger partial charge is 0.266 e. The monoisotopic (exact) mass is 515 g/mol. The number of hydrogen-bond acceptors (Lipinski definition) is 5. The van der Waals surface area contributed by atoms with E-state index in [0.717, 1.165) is 16.7 Å². The highest BCUT2D eigenvalue weighted by molar-refractivity contribution is 9.10. The van der Waals surface area contributed by atoms with Crippen LogP contribution in [0, 0.1) is 36.5 Å². The van der Waals surface area contributed by atoms with Gasteiger partial charge in [-0.2, -0.15) is 10.5 Å². The van der Waals surface area contributed by atoms with Gasteiger partial charge in [-0.3, -0.25) is 4.79 Å². The lowest BCUT2D eigenvalue weighted by Gasteiger charge is -2.14. The van der Waals surface area contributed by atoms with Crippen molar-refractivity contribution in [2.24, 2.45) is 0 Å². The van der Waals surface area contributed by atoms with Crippen LogP contribution in [0.1, 0.15) is 27.8 Å². The summed E-state index contributed by atoms with van der Waals surface area (Å²) in [5, 5.41) is 21.6. The highest BCUT2D eigenvalue weighted by Gasteiger charge is 2.15. The number of carbonyl (C=O) groups excluding carboxylic acids is 1. The van der Waals surface area contributed by atoms with Gasteiger partial charge in [0.05, 0.1) is 18.7 Å². The van der Waals surface area contributed by atoms with Crippen molar-refractivity contribution in [3.8, 4) is 23.6 Å². The highest BCUT2D eigenvalue weighted by atomic mass is 79.9. The lowest BCUT2D eigenvalue weighted by atomic mass is 10.1. The third-order valence-corrected chi connectivity index (χ3v) is 5.92. The summed E-state index contributed by atoms with van der Waals surface area (Å²) in [6.07, 6.45) is 1.48. The molecule has 6 nitrogen and oxygen atoms in total. The number of nitriles is 2. The van der Waals surface area contributed by atoms with Gasteiger partial charge in [0, 0.05) is 15.7 Å². The molecule has 0 bridgehead atoms. The summed E-state index contributed by atoms with van der Waals surface area (Å²) < 4.78 is 12.0. The first-order valence-corrected chi connectivity index (χ1v) is 11.1. The Kier molecular flexibility index (Phi) is 8.08. The van der Waals surface area contributed by atoms with E-state index in [0.29, 0.717) is 32.8 Å². The van der Waals surface area contributed by atoms with E-state index >= 15 is 0 Å². The largest absolute Gasteiger partial charge is 0.493 e. The van der Waals surface area contributed by atoms with Crippen LogP contribution in [0.15, 0.2) is 64.6 Å². The average molecular weight is 516 g/mol. The number of hydrogen-bond donors (Lipinski definition) is 1. The SMILES string of the molecule is COc1cc(/C=C(\C#N)C(=O)Nc2ccc(C)c(C)c2)c(Br)cc1OCc1ccccc1C#N. The zero-order chi connectivity index (χ0) is 24.7. The molecule has 3 rings (SSSR count). The molecule has 0 fully saturated rings. The number of anilines is 1. The maximum Gasteiger partial charge on any atom is 0.266 e. The Morgan fingerprint density at radius 1 is 1.06 bits per heavy atom. The molecule has 0 aliphatic carbocycles. The molecule has 0 unspecified atom stereocenters. The van der Waals surface area contributed by atoms with Gasteiger partial charge in [0.1, 0.15) is 18.2 Å². The van der Waals surface area contributed by atoms with Gasteiger partial charge in [-0.25, -0.2) is 0 Å². The zero-order valence-corrected chi connectivity index (χ0v) is 20.6. The maximum atomic E-state index is 12.7. The number of nitrogens with zero attached hydrogens (tertiary/aromatic N) is 2. The fraction of sp³-hybridized carbons (Fsp3) is 0.148. The molecule has 34 heavy (non-hydrogen) atoms. The molecule has 0 saturated carbocycles. The molecule has 0 aromatic heterocycles. The number of ether oxygens (including phenoxy) is 2. The lowest BCUT2D eigenvalue weighted by Crippen LogP contribution is -2.13. The summed E-state index contributed by atoms with van der Waals surface area (Å²) in [5.74, 6) is 0.373. The van der Waals surface area contributed by atoms with Crippen molar-refractivity contribution in [1.29, 1.82) is 10.5 Å². The number of halogens is 1. The molecule has 3 aromatic rings. The number of amides is 1. The number of nitrogens with one attached hydrogen (secondary N) is 1. The summed E-state index contributed by atoms with van der Waals surface area (Å²) in [4.78, 5) is 12.7. The molecule has 0 spiro atoms. The Bertz CT molecular complexity index is 1350. The third-order valence-electron chi connectivity index (χ3n) is 5.23. The van der Waals surface area contributed by atoms with E-state index in [-0.39, 0.29) is 12.2 Å². The van der Waals surface area contributed by atoms with Crippen molar-refractivity contribution in [2.45, 2.75) is 20.5 Å².